The number of amides is 1. The summed E-state index contributed by atoms with van der Waals surface area (Å²) < 4.78 is 5.86. The number of aryl methyl sites for hydroxylation is 4. The highest BCUT2D eigenvalue weighted by atomic mass is 32.1. The Morgan fingerprint density at radius 1 is 1.19 bits per heavy atom. The Hall–Kier alpha value is -2.67. The molecule has 168 valence electrons. The van der Waals surface area contributed by atoms with Gasteiger partial charge in [-0.15, -0.1) is 11.3 Å². The van der Waals surface area contributed by atoms with Crippen molar-refractivity contribution in [3.8, 4) is 5.75 Å². The van der Waals surface area contributed by atoms with Crippen LogP contribution in [-0.4, -0.2) is 42.1 Å². The zero-order chi connectivity index (χ0) is 22.1. The number of piperidine rings is 1. The smallest absolute Gasteiger partial charge is 0.223 e. The topological polar surface area (TPSA) is 67.4 Å². The van der Waals surface area contributed by atoms with Crippen molar-refractivity contribution in [1.29, 1.82) is 0 Å². The van der Waals surface area contributed by atoms with Gasteiger partial charge in [0.1, 0.15) is 29.3 Å². The van der Waals surface area contributed by atoms with Crippen LogP contribution in [-0.2, 0) is 17.6 Å². The summed E-state index contributed by atoms with van der Waals surface area (Å²) >= 11 is 1.72. The van der Waals surface area contributed by atoms with Crippen LogP contribution >= 0.6 is 11.3 Å². The largest absolute Gasteiger partial charge is 0.492 e. The molecular weight excluding hydrogens is 420 g/mol. The minimum atomic E-state index is 0.0499. The Kier molecular flexibility index (Phi) is 6.00. The second kappa shape index (κ2) is 9.06. The van der Waals surface area contributed by atoms with E-state index in [-0.39, 0.29) is 11.8 Å². The molecule has 2 aliphatic rings. The van der Waals surface area contributed by atoms with Crippen molar-refractivity contribution in [3.63, 3.8) is 0 Å². The van der Waals surface area contributed by atoms with Gasteiger partial charge in [0.15, 0.2) is 0 Å². The third-order valence-corrected chi connectivity index (χ3v) is 7.97. The van der Waals surface area contributed by atoms with Crippen LogP contribution in [0.1, 0.15) is 40.8 Å². The molecule has 3 heterocycles. The molecule has 1 fully saturated rings. The standard InChI is InChI=1S/C25H30N4O2S/c1-16-17(2)32-25-22(16)23(27-15-28-25)29-11-8-19(9-12-29)24(30)26-10-13-31-21-7-6-18-4-3-5-20(18)14-21/h6-7,14-15,19H,3-5,8-13H2,1-2H3,(H,26,30). The number of nitrogens with zero attached hydrogens (tertiary/aromatic N) is 3. The van der Waals surface area contributed by atoms with Gasteiger partial charge in [-0.3, -0.25) is 4.79 Å². The van der Waals surface area contributed by atoms with Gasteiger partial charge in [0.05, 0.1) is 11.9 Å². The van der Waals surface area contributed by atoms with Crippen molar-refractivity contribution in [2.75, 3.05) is 31.1 Å². The summed E-state index contributed by atoms with van der Waals surface area (Å²) in [6.07, 6.45) is 6.90. The van der Waals surface area contributed by atoms with E-state index in [4.69, 9.17) is 4.74 Å². The first-order valence-corrected chi connectivity index (χ1v) is 12.4. The molecule has 5 rings (SSSR count). The average Bonchev–Trinajstić information content (AvgIpc) is 3.40. The zero-order valence-corrected chi connectivity index (χ0v) is 19.6. The van der Waals surface area contributed by atoms with E-state index in [9.17, 15) is 4.79 Å². The first-order valence-electron chi connectivity index (χ1n) is 11.6. The first-order chi connectivity index (χ1) is 15.6. The van der Waals surface area contributed by atoms with E-state index in [1.165, 1.54) is 39.8 Å². The molecule has 6 nitrogen and oxygen atoms in total. The molecule has 32 heavy (non-hydrogen) atoms. The highest BCUT2D eigenvalue weighted by molar-refractivity contribution is 7.18. The quantitative estimate of drug-likeness (QED) is 0.570. The number of nitrogens with one attached hydrogen (secondary N) is 1. The van der Waals surface area contributed by atoms with Crippen molar-refractivity contribution < 1.29 is 9.53 Å². The molecular formula is C25H30N4O2S. The molecule has 1 aliphatic carbocycles. The van der Waals surface area contributed by atoms with E-state index < -0.39 is 0 Å². The van der Waals surface area contributed by atoms with Gasteiger partial charge >= 0.3 is 0 Å². The molecule has 1 saturated heterocycles. The number of rotatable bonds is 6. The molecule has 2 aromatic heterocycles. The molecule has 1 amide bonds. The fraction of sp³-hybridized carbons (Fsp3) is 0.480. The lowest BCUT2D eigenvalue weighted by atomic mass is 9.95. The van der Waals surface area contributed by atoms with Crippen LogP contribution in [0.15, 0.2) is 24.5 Å². The lowest BCUT2D eigenvalue weighted by Gasteiger charge is -2.32. The molecule has 3 aromatic rings. The summed E-state index contributed by atoms with van der Waals surface area (Å²) in [5.74, 6) is 2.10. The lowest BCUT2D eigenvalue weighted by molar-refractivity contribution is -0.125. The predicted molar refractivity (Wildman–Crippen MR) is 129 cm³/mol. The van der Waals surface area contributed by atoms with E-state index >= 15 is 0 Å². The highest BCUT2D eigenvalue weighted by Gasteiger charge is 2.27. The van der Waals surface area contributed by atoms with E-state index in [0.717, 1.165) is 48.7 Å². The van der Waals surface area contributed by atoms with Gasteiger partial charge < -0.3 is 15.0 Å². The number of hydrogen-bond donors (Lipinski definition) is 1. The van der Waals surface area contributed by atoms with Crippen LogP contribution in [0, 0.1) is 19.8 Å². The van der Waals surface area contributed by atoms with Crippen LogP contribution in [0.3, 0.4) is 0 Å². The Morgan fingerprint density at radius 3 is 2.84 bits per heavy atom. The SMILES string of the molecule is Cc1sc2ncnc(N3CCC(C(=O)NCCOc4ccc5c(c4)CCC5)CC3)c2c1C. The Bertz CT molecular complexity index is 1130. The fourth-order valence-electron chi connectivity index (χ4n) is 4.88. The summed E-state index contributed by atoms with van der Waals surface area (Å²) in [7, 11) is 0. The highest BCUT2D eigenvalue weighted by Crippen LogP contribution is 2.35. The zero-order valence-electron chi connectivity index (χ0n) is 18.8. The average molecular weight is 451 g/mol. The molecule has 0 unspecified atom stereocenters. The second-order valence-electron chi connectivity index (χ2n) is 8.85. The molecule has 1 N–H and O–H groups in total. The van der Waals surface area contributed by atoms with Crippen molar-refractivity contribution in [2.45, 2.75) is 46.0 Å². The van der Waals surface area contributed by atoms with Crippen LogP contribution in [0.5, 0.6) is 5.75 Å². The van der Waals surface area contributed by atoms with Crippen LogP contribution in [0.25, 0.3) is 10.2 Å². The van der Waals surface area contributed by atoms with Gasteiger partial charge in [-0.2, -0.15) is 0 Å². The number of carbonyl (C=O) groups excluding carboxylic acids is 1. The molecule has 0 atom stereocenters. The van der Waals surface area contributed by atoms with Crippen molar-refractivity contribution in [1.82, 2.24) is 15.3 Å². The maximum atomic E-state index is 12.7. The Morgan fingerprint density at radius 2 is 2.00 bits per heavy atom. The van der Waals surface area contributed by atoms with Gasteiger partial charge in [-0.25, -0.2) is 9.97 Å². The molecule has 7 heteroatoms. The van der Waals surface area contributed by atoms with Gasteiger partial charge in [0.25, 0.3) is 0 Å². The summed E-state index contributed by atoms with van der Waals surface area (Å²) in [5.41, 5.74) is 4.12. The van der Waals surface area contributed by atoms with E-state index in [1.807, 2.05) is 6.07 Å². The molecule has 0 bridgehead atoms. The number of fused-ring (bicyclic) bond motifs is 2. The number of ether oxygens (including phenoxy) is 1. The van der Waals surface area contributed by atoms with Crippen LogP contribution < -0.4 is 15.0 Å². The molecule has 1 aromatic carbocycles. The van der Waals surface area contributed by atoms with Gasteiger partial charge in [-0.05, 0) is 74.8 Å². The monoisotopic (exact) mass is 450 g/mol. The minimum absolute atomic E-state index is 0.0499. The number of hydrogen-bond acceptors (Lipinski definition) is 6. The summed E-state index contributed by atoms with van der Waals surface area (Å²) in [4.78, 5) is 26.4. The summed E-state index contributed by atoms with van der Waals surface area (Å²) in [6, 6.07) is 6.37. The van der Waals surface area contributed by atoms with Gasteiger partial charge in [-0.1, -0.05) is 6.07 Å². The lowest BCUT2D eigenvalue weighted by Crippen LogP contribution is -2.41. The fourth-order valence-corrected chi connectivity index (χ4v) is 5.87. The van der Waals surface area contributed by atoms with E-state index in [1.54, 1.807) is 17.7 Å². The number of carbonyl (C=O) groups is 1. The maximum absolute atomic E-state index is 12.7. The van der Waals surface area contributed by atoms with Crippen LogP contribution in [0.4, 0.5) is 5.82 Å². The van der Waals surface area contributed by atoms with Crippen molar-refractivity contribution in [2.24, 2.45) is 5.92 Å². The third kappa shape index (κ3) is 4.18. The molecule has 0 saturated carbocycles. The normalized spacial score (nSPS) is 16.4. The number of anilines is 1. The minimum Gasteiger partial charge on any atom is -0.492 e. The summed E-state index contributed by atoms with van der Waals surface area (Å²) in [5, 5.41) is 4.23. The van der Waals surface area contributed by atoms with E-state index in [0.29, 0.717) is 13.2 Å². The van der Waals surface area contributed by atoms with Gasteiger partial charge in [0, 0.05) is 23.9 Å². The number of thiophene rings is 1. The predicted octanol–water partition coefficient (Wildman–Crippen LogP) is 4.21. The Labute approximate surface area is 193 Å². The maximum Gasteiger partial charge on any atom is 0.223 e. The van der Waals surface area contributed by atoms with Crippen LogP contribution in [0.2, 0.25) is 0 Å². The number of benzene rings is 1. The third-order valence-electron chi connectivity index (χ3n) is 6.85. The van der Waals surface area contributed by atoms with Gasteiger partial charge in [0.2, 0.25) is 5.91 Å². The molecule has 0 radical (unpaired) electrons. The summed E-state index contributed by atoms with van der Waals surface area (Å²) in [6.45, 7) is 6.99. The van der Waals surface area contributed by atoms with Crippen molar-refractivity contribution in [3.05, 3.63) is 46.1 Å². The van der Waals surface area contributed by atoms with E-state index in [2.05, 4.69) is 46.2 Å². The van der Waals surface area contributed by atoms with Crippen molar-refractivity contribution >= 4 is 33.3 Å². The Balaban J connectivity index is 1.10. The second-order valence-corrected chi connectivity index (χ2v) is 10.0. The first kappa shape index (κ1) is 21.2. The molecule has 0 spiro atoms. The number of aromatic nitrogens is 2. The molecule has 1 aliphatic heterocycles.